The van der Waals surface area contributed by atoms with Crippen LogP contribution in [0.2, 0.25) is 19.6 Å². The van der Waals surface area contributed by atoms with E-state index in [4.69, 9.17) is 14.2 Å². The number of hydrogen-bond acceptors (Lipinski definition) is 4. The van der Waals surface area contributed by atoms with Crippen molar-refractivity contribution in [1.82, 2.24) is 0 Å². The molecule has 0 fully saturated rings. The van der Waals surface area contributed by atoms with Crippen LogP contribution in [0.4, 0.5) is 0 Å². The smallest absolute Gasteiger partial charge is 0.203 e. The van der Waals surface area contributed by atoms with Gasteiger partial charge in [-0.2, -0.15) is 0 Å². The van der Waals surface area contributed by atoms with E-state index in [9.17, 15) is 4.79 Å². The van der Waals surface area contributed by atoms with Gasteiger partial charge in [0.2, 0.25) is 5.75 Å². The van der Waals surface area contributed by atoms with E-state index in [0.717, 1.165) is 11.5 Å². The van der Waals surface area contributed by atoms with Gasteiger partial charge >= 0.3 is 0 Å². The Kier molecular flexibility index (Phi) is 4.40. The molecule has 0 N–H and O–H groups in total. The molecule has 100 valence electrons. The molecule has 4 nitrogen and oxygen atoms in total. The molecule has 18 heavy (non-hydrogen) atoms. The van der Waals surface area contributed by atoms with E-state index in [-0.39, 0.29) is 0 Å². The van der Waals surface area contributed by atoms with Gasteiger partial charge in [-0.05, 0) is 11.3 Å². The Morgan fingerprint density at radius 2 is 1.56 bits per heavy atom. The molecule has 0 atom stereocenters. The summed E-state index contributed by atoms with van der Waals surface area (Å²) in [6.07, 6.45) is 0.845. The molecule has 0 aliphatic carbocycles. The normalized spacial score (nSPS) is 11.0. The summed E-state index contributed by atoms with van der Waals surface area (Å²) in [5.74, 6) is 1.67. The number of carbonyl (C=O) groups excluding carboxylic acids is 1. The second-order valence-electron chi connectivity index (χ2n) is 4.98. The molecular formula is C13H20O4Si. The van der Waals surface area contributed by atoms with Crippen molar-refractivity contribution in [3.8, 4) is 17.2 Å². The highest BCUT2D eigenvalue weighted by Crippen LogP contribution is 2.38. The number of carbonyl (C=O) groups is 1. The van der Waals surface area contributed by atoms with E-state index in [0.29, 0.717) is 22.8 Å². The van der Waals surface area contributed by atoms with Crippen molar-refractivity contribution >= 4 is 19.5 Å². The molecule has 0 saturated carbocycles. The van der Waals surface area contributed by atoms with E-state index < -0.39 is 8.07 Å². The van der Waals surface area contributed by atoms with Crippen LogP contribution in [-0.2, 0) is 0 Å². The van der Waals surface area contributed by atoms with Crippen LogP contribution >= 0.6 is 0 Å². The summed E-state index contributed by atoms with van der Waals surface area (Å²) in [5, 5.41) is 0.956. The molecule has 1 aromatic rings. The summed E-state index contributed by atoms with van der Waals surface area (Å²) >= 11 is 0. The maximum absolute atomic E-state index is 11.3. The Morgan fingerprint density at radius 3 is 1.89 bits per heavy atom. The molecule has 0 heterocycles. The van der Waals surface area contributed by atoms with Gasteiger partial charge in [0, 0.05) is 5.56 Å². The minimum Gasteiger partial charge on any atom is -0.493 e. The van der Waals surface area contributed by atoms with Gasteiger partial charge in [-0.3, -0.25) is 4.79 Å². The van der Waals surface area contributed by atoms with E-state index in [1.54, 1.807) is 27.4 Å². The first kappa shape index (κ1) is 14.6. The molecule has 0 amide bonds. The minimum atomic E-state index is -1.74. The van der Waals surface area contributed by atoms with Gasteiger partial charge in [0.25, 0.3) is 0 Å². The lowest BCUT2D eigenvalue weighted by molar-refractivity contribution is 0.112. The van der Waals surface area contributed by atoms with Crippen molar-refractivity contribution in [2.45, 2.75) is 19.6 Å². The average Bonchev–Trinajstić information content (AvgIpc) is 2.34. The van der Waals surface area contributed by atoms with Crippen LogP contribution in [0.1, 0.15) is 10.4 Å². The van der Waals surface area contributed by atoms with Crippen molar-refractivity contribution in [2.24, 2.45) is 0 Å². The largest absolute Gasteiger partial charge is 0.493 e. The summed E-state index contributed by atoms with van der Waals surface area (Å²) in [7, 11) is 2.95. The van der Waals surface area contributed by atoms with E-state index >= 15 is 0 Å². The molecule has 0 radical (unpaired) electrons. The third-order valence-corrected chi connectivity index (χ3v) is 4.75. The Bertz CT molecular complexity index is 449. The number of rotatable bonds is 5. The monoisotopic (exact) mass is 268 g/mol. The maximum Gasteiger partial charge on any atom is 0.203 e. The standard InChI is InChI=1S/C13H20O4Si/c1-15-10-7-9(8-14)13(18(4,5)6)12(17-3)11(10)16-2/h7-8H,1-6H3. The zero-order valence-electron chi connectivity index (χ0n) is 11.8. The van der Waals surface area contributed by atoms with Crippen molar-refractivity contribution in [3.05, 3.63) is 11.6 Å². The fourth-order valence-corrected chi connectivity index (χ4v) is 3.94. The van der Waals surface area contributed by atoms with E-state index in [1.165, 1.54) is 0 Å². The lowest BCUT2D eigenvalue weighted by Gasteiger charge is -2.24. The Labute approximate surface area is 109 Å². The lowest BCUT2D eigenvalue weighted by atomic mass is 10.2. The predicted molar refractivity (Wildman–Crippen MR) is 74.5 cm³/mol. The molecule has 0 bridgehead atoms. The summed E-state index contributed by atoms with van der Waals surface area (Å²) < 4.78 is 16.0. The molecule has 0 unspecified atom stereocenters. The van der Waals surface area contributed by atoms with Crippen LogP contribution in [0.5, 0.6) is 17.2 Å². The SMILES string of the molecule is COc1cc(C=O)c([Si](C)(C)C)c(OC)c1OC. The molecule has 0 aliphatic heterocycles. The van der Waals surface area contributed by atoms with Gasteiger partial charge in [-0.1, -0.05) is 19.6 Å². The molecule has 0 spiro atoms. The molecule has 0 aliphatic rings. The summed E-state index contributed by atoms with van der Waals surface area (Å²) in [6.45, 7) is 6.47. The fraction of sp³-hybridized carbons (Fsp3) is 0.462. The first-order valence-corrected chi connectivity index (χ1v) is 9.19. The zero-order valence-corrected chi connectivity index (χ0v) is 12.8. The summed E-state index contributed by atoms with van der Waals surface area (Å²) in [5.41, 5.74) is 0.615. The maximum atomic E-state index is 11.3. The highest BCUT2D eigenvalue weighted by Gasteiger charge is 2.29. The number of benzene rings is 1. The third-order valence-electron chi connectivity index (χ3n) is 2.74. The fourth-order valence-electron chi connectivity index (χ4n) is 2.04. The van der Waals surface area contributed by atoms with Crippen molar-refractivity contribution in [1.29, 1.82) is 0 Å². The Morgan fingerprint density at radius 1 is 1.00 bits per heavy atom. The molecule has 1 rings (SSSR count). The summed E-state index contributed by atoms with van der Waals surface area (Å²) in [6, 6.07) is 1.71. The Hall–Kier alpha value is -1.49. The summed E-state index contributed by atoms with van der Waals surface area (Å²) in [4.78, 5) is 11.3. The Balaban J connectivity index is 3.72. The van der Waals surface area contributed by atoms with Crippen LogP contribution in [0.3, 0.4) is 0 Å². The molecular weight excluding hydrogens is 248 g/mol. The first-order chi connectivity index (χ1) is 8.40. The van der Waals surface area contributed by atoms with Gasteiger partial charge in [0.1, 0.15) is 6.29 Å². The van der Waals surface area contributed by atoms with Crippen LogP contribution in [0, 0.1) is 0 Å². The lowest BCUT2D eigenvalue weighted by Crippen LogP contribution is -2.41. The van der Waals surface area contributed by atoms with Crippen molar-refractivity contribution < 1.29 is 19.0 Å². The van der Waals surface area contributed by atoms with Crippen LogP contribution in [0.15, 0.2) is 6.07 Å². The number of ether oxygens (including phenoxy) is 3. The number of methoxy groups -OCH3 is 3. The van der Waals surface area contributed by atoms with E-state index in [2.05, 4.69) is 19.6 Å². The predicted octanol–water partition coefficient (Wildman–Crippen LogP) is 2.07. The van der Waals surface area contributed by atoms with Gasteiger partial charge in [-0.25, -0.2) is 0 Å². The molecule has 0 aromatic heterocycles. The van der Waals surface area contributed by atoms with Crippen LogP contribution in [-0.4, -0.2) is 35.7 Å². The van der Waals surface area contributed by atoms with Crippen LogP contribution in [0.25, 0.3) is 0 Å². The van der Waals surface area contributed by atoms with Crippen LogP contribution < -0.4 is 19.4 Å². The highest BCUT2D eigenvalue weighted by molar-refractivity contribution is 6.90. The average molecular weight is 268 g/mol. The molecule has 0 saturated heterocycles. The van der Waals surface area contributed by atoms with Gasteiger partial charge in [0.05, 0.1) is 29.4 Å². The zero-order chi connectivity index (χ0) is 13.9. The quantitative estimate of drug-likeness (QED) is 0.606. The first-order valence-electron chi connectivity index (χ1n) is 5.69. The van der Waals surface area contributed by atoms with Gasteiger partial charge in [0.15, 0.2) is 11.5 Å². The van der Waals surface area contributed by atoms with Crippen molar-refractivity contribution in [2.75, 3.05) is 21.3 Å². The molecule has 1 aromatic carbocycles. The molecule has 5 heteroatoms. The second kappa shape index (κ2) is 5.43. The minimum absolute atomic E-state index is 0.512. The van der Waals surface area contributed by atoms with Gasteiger partial charge in [-0.15, -0.1) is 0 Å². The number of aldehydes is 1. The topological polar surface area (TPSA) is 44.8 Å². The van der Waals surface area contributed by atoms with Crippen molar-refractivity contribution in [3.63, 3.8) is 0 Å². The second-order valence-corrected chi connectivity index (χ2v) is 9.98. The highest BCUT2D eigenvalue weighted by atomic mass is 28.3. The van der Waals surface area contributed by atoms with Gasteiger partial charge < -0.3 is 14.2 Å². The number of hydrogen-bond donors (Lipinski definition) is 0. The third kappa shape index (κ3) is 2.50. The van der Waals surface area contributed by atoms with E-state index in [1.807, 2.05) is 0 Å².